The summed E-state index contributed by atoms with van der Waals surface area (Å²) in [5, 5.41) is 0. The summed E-state index contributed by atoms with van der Waals surface area (Å²) in [4.78, 5) is 2.51. The summed E-state index contributed by atoms with van der Waals surface area (Å²) in [5.74, 6) is 0. The van der Waals surface area contributed by atoms with E-state index in [2.05, 4.69) is 62.6 Å². The highest BCUT2D eigenvalue weighted by Crippen LogP contribution is 2.37. The molecule has 2 rings (SSSR count). The van der Waals surface area contributed by atoms with Crippen molar-refractivity contribution in [2.24, 2.45) is 5.41 Å². The van der Waals surface area contributed by atoms with Gasteiger partial charge >= 0.3 is 0 Å². The molecule has 0 radical (unpaired) electrons. The molecule has 0 aliphatic carbocycles. The van der Waals surface area contributed by atoms with Gasteiger partial charge in [0.25, 0.3) is 0 Å². The van der Waals surface area contributed by atoms with Crippen molar-refractivity contribution < 1.29 is 0 Å². The van der Waals surface area contributed by atoms with Crippen LogP contribution in [0.4, 0.5) is 0 Å². The standard InChI is InChI=1S/C17H25N/c1-14(13-17(2,3)4)18-12-8-11-16(18)15-9-6-5-7-10-15/h5-7,9-10,16H,1,8,11-13H2,2-4H3. The fraction of sp³-hybridized carbons (Fsp3) is 0.529. The van der Waals surface area contributed by atoms with Gasteiger partial charge in [0.1, 0.15) is 0 Å². The number of likely N-dealkylation sites (tertiary alicyclic amines) is 1. The molecule has 0 saturated carbocycles. The third-order valence-corrected chi connectivity index (χ3v) is 3.58. The van der Waals surface area contributed by atoms with E-state index < -0.39 is 0 Å². The Bertz CT molecular complexity index is 399. The molecule has 98 valence electrons. The molecule has 1 aromatic rings. The van der Waals surface area contributed by atoms with Crippen LogP contribution in [-0.4, -0.2) is 11.4 Å². The van der Waals surface area contributed by atoms with E-state index in [0.717, 1.165) is 13.0 Å². The first-order valence-corrected chi connectivity index (χ1v) is 6.97. The summed E-state index contributed by atoms with van der Waals surface area (Å²) >= 11 is 0. The molecule has 1 saturated heterocycles. The minimum absolute atomic E-state index is 0.320. The molecule has 18 heavy (non-hydrogen) atoms. The SMILES string of the molecule is C=C(CC(C)(C)C)N1CCCC1c1ccccc1. The van der Waals surface area contributed by atoms with Crippen LogP contribution < -0.4 is 0 Å². The van der Waals surface area contributed by atoms with E-state index in [1.807, 2.05) is 0 Å². The van der Waals surface area contributed by atoms with Crippen LogP contribution in [0, 0.1) is 5.41 Å². The Morgan fingerprint density at radius 1 is 1.28 bits per heavy atom. The van der Waals surface area contributed by atoms with Gasteiger partial charge in [-0.05, 0) is 30.2 Å². The maximum atomic E-state index is 4.32. The zero-order chi connectivity index (χ0) is 13.2. The van der Waals surface area contributed by atoms with Crippen molar-refractivity contribution in [1.82, 2.24) is 4.90 Å². The Kier molecular flexibility index (Phi) is 3.79. The molecule has 1 aromatic carbocycles. The Hall–Kier alpha value is -1.24. The van der Waals surface area contributed by atoms with Gasteiger partial charge in [-0.1, -0.05) is 57.7 Å². The van der Waals surface area contributed by atoms with Gasteiger partial charge in [-0.25, -0.2) is 0 Å². The largest absolute Gasteiger partial charge is 0.368 e. The van der Waals surface area contributed by atoms with Crippen molar-refractivity contribution in [1.29, 1.82) is 0 Å². The van der Waals surface area contributed by atoms with Crippen LogP contribution in [0.25, 0.3) is 0 Å². The number of nitrogens with zero attached hydrogens (tertiary/aromatic N) is 1. The molecule has 1 heterocycles. The number of rotatable bonds is 3. The van der Waals surface area contributed by atoms with Crippen molar-refractivity contribution in [2.75, 3.05) is 6.54 Å². The second kappa shape index (κ2) is 5.17. The average molecular weight is 243 g/mol. The summed E-state index contributed by atoms with van der Waals surface area (Å²) in [7, 11) is 0. The van der Waals surface area contributed by atoms with Crippen LogP contribution >= 0.6 is 0 Å². The minimum atomic E-state index is 0.320. The molecule has 0 bridgehead atoms. The van der Waals surface area contributed by atoms with Crippen LogP contribution in [0.3, 0.4) is 0 Å². The van der Waals surface area contributed by atoms with Gasteiger partial charge in [0.05, 0.1) is 6.04 Å². The number of allylic oxidation sites excluding steroid dienone is 1. The first kappa shape index (κ1) is 13.2. The first-order valence-electron chi connectivity index (χ1n) is 6.97. The maximum Gasteiger partial charge on any atom is 0.0539 e. The monoisotopic (exact) mass is 243 g/mol. The molecule has 1 aliphatic rings. The zero-order valence-corrected chi connectivity index (χ0v) is 11.9. The maximum absolute atomic E-state index is 4.32. The fourth-order valence-electron chi connectivity index (χ4n) is 2.88. The lowest BCUT2D eigenvalue weighted by molar-refractivity contribution is 0.277. The second-order valence-electron chi connectivity index (χ2n) is 6.57. The third kappa shape index (κ3) is 3.16. The summed E-state index contributed by atoms with van der Waals surface area (Å²) in [6.07, 6.45) is 3.62. The number of hydrogen-bond donors (Lipinski definition) is 0. The Morgan fingerprint density at radius 2 is 1.94 bits per heavy atom. The molecule has 1 unspecified atom stereocenters. The molecule has 1 fully saturated rings. The van der Waals surface area contributed by atoms with E-state index in [4.69, 9.17) is 0 Å². The molecule has 1 atom stereocenters. The lowest BCUT2D eigenvalue weighted by atomic mass is 9.90. The third-order valence-electron chi connectivity index (χ3n) is 3.58. The summed E-state index contributed by atoms with van der Waals surface area (Å²) < 4.78 is 0. The molecular weight excluding hydrogens is 218 g/mol. The zero-order valence-electron chi connectivity index (χ0n) is 11.9. The lowest BCUT2D eigenvalue weighted by Gasteiger charge is -2.32. The molecule has 0 aromatic heterocycles. The van der Waals surface area contributed by atoms with Crippen LogP contribution in [-0.2, 0) is 0 Å². The molecule has 1 heteroatoms. The van der Waals surface area contributed by atoms with E-state index in [1.54, 1.807) is 0 Å². The lowest BCUT2D eigenvalue weighted by Crippen LogP contribution is -2.24. The van der Waals surface area contributed by atoms with E-state index in [9.17, 15) is 0 Å². The van der Waals surface area contributed by atoms with Crippen molar-refractivity contribution >= 4 is 0 Å². The quantitative estimate of drug-likeness (QED) is 0.739. The minimum Gasteiger partial charge on any atom is -0.368 e. The van der Waals surface area contributed by atoms with Crippen molar-refractivity contribution in [3.05, 3.63) is 48.2 Å². The van der Waals surface area contributed by atoms with Gasteiger partial charge in [-0.2, -0.15) is 0 Å². The fourth-order valence-corrected chi connectivity index (χ4v) is 2.88. The molecule has 1 nitrogen and oxygen atoms in total. The predicted octanol–water partition coefficient (Wildman–Crippen LogP) is 4.77. The topological polar surface area (TPSA) is 3.24 Å². The average Bonchev–Trinajstić information content (AvgIpc) is 2.76. The van der Waals surface area contributed by atoms with Crippen molar-refractivity contribution in [2.45, 2.75) is 46.1 Å². The Morgan fingerprint density at radius 3 is 2.56 bits per heavy atom. The summed E-state index contributed by atoms with van der Waals surface area (Å²) in [5.41, 5.74) is 3.06. The molecule has 1 aliphatic heterocycles. The molecule has 0 N–H and O–H groups in total. The summed E-state index contributed by atoms with van der Waals surface area (Å²) in [6.45, 7) is 12.3. The van der Waals surface area contributed by atoms with Crippen LogP contribution in [0.15, 0.2) is 42.6 Å². The van der Waals surface area contributed by atoms with Gasteiger partial charge < -0.3 is 4.90 Å². The van der Waals surface area contributed by atoms with Crippen molar-refractivity contribution in [3.63, 3.8) is 0 Å². The highest BCUT2D eigenvalue weighted by Gasteiger charge is 2.28. The van der Waals surface area contributed by atoms with Crippen molar-refractivity contribution in [3.8, 4) is 0 Å². The van der Waals surface area contributed by atoms with Gasteiger partial charge in [-0.3, -0.25) is 0 Å². The summed E-state index contributed by atoms with van der Waals surface area (Å²) in [6, 6.07) is 11.4. The van der Waals surface area contributed by atoms with Gasteiger partial charge in [-0.15, -0.1) is 0 Å². The second-order valence-corrected chi connectivity index (χ2v) is 6.57. The Labute approximate surface area is 112 Å². The molecule has 0 spiro atoms. The number of benzene rings is 1. The predicted molar refractivity (Wildman–Crippen MR) is 78.3 cm³/mol. The van der Waals surface area contributed by atoms with E-state index in [0.29, 0.717) is 11.5 Å². The normalized spacial score (nSPS) is 20.2. The van der Waals surface area contributed by atoms with E-state index in [1.165, 1.54) is 24.1 Å². The number of hydrogen-bond acceptors (Lipinski definition) is 1. The van der Waals surface area contributed by atoms with Gasteiger partial charge in [0.2, 0.25) is 0 Å². The van der Waals surface area contributed by atoms with Gasteiger partial charge in [0.15, 0.2) is 0 Å². The van der Waals surface area contributed by atoms with Crippen LogP contribution in [0.5, 0.6) is 0 Å². The highest BCUT2D eigenvalue weighted by atomic mass is 15.2. The molecule has 0 amide bonds. The van der Waals surface area contributed by atoms with Crippen LogP contribution in [0.1, 0.15) is 51.6 Å². The molecular formula is C17H25N. The van der Waals surface area contributed by atoms with E-state index >= 15 is 0 Å². The van der Waals surface area contributed by atoms with Gasteiger partial charge in [0, 0.05) is 12.2 Å². The van der Waals surface area contributed by atoms with E-state index in [-0.39, 0.29) is 0 Å². The Balaban J connectivity index is 2.11. The first-order chi connectivity index (χ1) is 8.47. The van der Waals surface area contributed by atoms with Crippen LogP contribution in [0.2, 0.25) is 0 Å². The highest BCUT2D eigenvalue weighted by molar-refractivity contribution is 5.22. The smallest absolute Gasteiger partial charge is 0.0539 e.